The van der Waals surface area contributed by atoms with Crippen LogP contribution in [0.4, 0.5) is 0 Å². The van der Waals surface area contributed by atoms with Gasteiger partial charge in [-0.1, -0.05) is 25.3 Å². The fraction of sp³-hybridized carbons (Fsp3) is 0.400. The summed E-state index contributed by atoms with van der Waals surface area (Å²) in [6.45, 7) is 2.28. The molecule has 1 aromatic carbocycles. The summed E-state index contributed by atoms with van der Waals surface area (Å²) < 4.78 is 5.04. The molecule has 1 aliphatic rings. The fourth-order valence-electron chi connectivity index (χ4n) is 4.18. The monoisotopic (exact) mass is 421 g/mol. The first-order valence-corrected chi connectivity index (χ1v) is 10.8. The second kappa shape index (κ2) is 11.4. The molecule has 3 aromatic rings. The van der Waals surface area contributed by atoms with Gasteiger partial charge in [-0.25, -0.2) is 0 Å². The van der Waals surface area contributed by atoms with Gasteiger partial charge in [0.15, 0.2) is 6.29 Å². The van der Waals surface area contributed by atoms with Gasteiger partial charge in [-0.05, 0) is 49.6 Å². The smallest absolute Gasteiger partial charge is 0.227 e. The maximum atomic E-state index is 11.2. The van der Waals surface area contributed by atoms with Gasteiger partial charge in [-0.2, -0.15) is 0 Å². The van der Waals surface area contributed by atoms with Gasteiger partial charge in [0.2, 0.25) is 5.78 Å². The quantitative estimate of drug-likeness (QED) is 0.341. The van der Waals surface area contributed by atoms with Crippen molar-refractivity contribution in [1.82, 2.24) is 14.9 Å². The van der Waals surface area contributed by atoms with Crippen LogP contribution in [0.15, 0.2) is 48.9 Å². The highest BCUT2D eigenvalue weighted by molar-refractivity contribution is 6.36. The summed E-state index contributed by atoms with van der Waals surface area (Å²) in [5.41, 5.74) is 2.49. The highest BCUT2D eigenvalue weighted by Crippen LogP contribution is 2.24. The molecular formula is C25H31N3O3. The molecule has 0 radical (unpaired) electrons. The molecule has 1 aliphatic carbocycles. The van der Waals surface area contributed by atoms with E-state index >= 15 is 0 Å². The van der Waals surface area contributed by atoms with Crippen molar-refractivity contribution in [2.24, 2.45) is 5.92 Å². The number of aromatic amines is 1. The molecule has 31 heavy (non-hydrogen) atoms. The minimum Gasteiger partial charge on any atom is -0.497 e. The van der Waals surface area contributed by atoms with E-state index in [1.807, 2.05) is 18.5 Å². The number of benzene rings is 1. The molecule has 1 fully saturated rings. The normalized spacial score (nSPS) is 14.2. The van der Waals surface area contributed by atoms with Crippen molar-refractivity contribution in [3.63, 3.8) is 0 Å². The Morgan fingerprint density at radius 1 is 1.26 bits per heavy atom. The number of hydrogen-bond acceptors (Lipinski definition) is 5. The number of ether oxygens (including phenoxy) is 1. The lowest BCUT2D eigenvalue weighted by atomic mass is 9.89. The Morgan fingerprint density at radius 3 is 2.74 bits per heavy atom. The van der Waals surface area contributed by atoms with Crippen molar-refractivity contribution in [3.8, 4) is 5.75 Å². The predicted molar refractivity (Wildman–Crippen MR) is 122 cm³/mol. The number of pyridine rings is 1. The van der Waals surface area contributed by atoms with Crippen molar-refractivity contribution < 1.29 is 14.3 Å². The zero-order valence-electron chi connectivity index (χ0n) is 18.3. The summed E-state index contributed by atoms with van der Waals surface area (Å²) in [4.78, 5) is 31.1. The first kappa shape index (κ1) is 22.7. The van der Waals surface area contributed by atoms with Gasteiger partial charge >= 0.3 is 0 Å². The van der Waals surface area contributed by atoms with Crippen molar-refractivity contribution in [1.29, 1.82) is 0 Å². The molecule has 164 valence electrons. The summed E-state index contributed by atoms with van der Waals surface area (Å²) >= 11 is 0. The van der Waals surface area contributed by atoms with Crippen molar-refractivity contribution in [2.75, 3.05) is 20.7 Å². The molecular weight excluding hydrogens is 390 g/mol. The lowest BCUT2D eigenvalue weighted by Crippen LogP contribution is -2.26. The molecule has 2 aromatic heterocycles. The summed E-state index contributed by atoms with van der Waals surface area (Å²) in [5, 5.41) is 0.730. The molecule has 1 N–H and O–H groups in total. The van der Waals surface area contributed by atoms with E-state index < -0.39 is 5.78 Å². The number of ketones is 1. The van der Waals surface area contributed by atoms with Crippen LogP contribution in [0.1, 0.15) is 48.0 Å². The molecule has 0 unspecified atom stereocenters. The van der Waals surface area contributed by atoms with Gasteiger partial charge in [-0.15, -0.1) is 0 Å². The predicted octanol–water partition coefficient (Wildman–Crippen LogP) is 4.65. The van der Waals surface area contributed by atoms with Crippen molar-refractivity contribution in [2.45, 2.75) is 38.6 Å². The summed E-state index contributed by atoms with van der Waals surface area (Å²) in [5.74, 6) is 1.11. The van der Waals surface area contributed by atoms with Crippen LogP contribution in [0.3, 0.4) is 0 Å². The number of carbonyl (C=O) groups excluding carboxylic acids is 2. The first-order valence-electron chi connectivity index (χ1n) is 10.8. The van der Waals surface area contributed by atoms with E-state index in [4.69, 9.17) is 4.74 Å². The molecule has 0 aliphatic heterocycles. The minimum absolute atomic E-state index is 0.312. The topological polar surface area (TPSA) is 75.3 Å². The third-order valence-corrected chi connectivity index (χ3v) is 5.73. The molecule has 0 spiro atoms. The molecule has 4 rings (SSSR count). The van der Waals surface area contributed by atoms with Gasteiger partial charge < -0.3 is 14.6 Å². The zero-order valence-corrected chi connectivity index (χ0v) is 18.3. The van der Waals surface area contributed by atoms with Gasteiger partial charge in [0, 0.05) is 48.6 Å². The van der Waals surface area contributed by atoms with Crippen LogP contribution in [0.25, 0.3) is 10.9 Å². The number of fused-ring (bicyclic) bond motifs is 1. The molecule has 1 saturated carbocycles. The average Bonchev–Trinajstić information content (AvgIpc) is 3.23. The maximum Gasteiger partial charge on any atom is 0.227 e. The van der Waals surface area contributed by atoms with Gasteiger partial charge in [0.05, 0.1) is 12.7 Å². The zero-order chi connectivity index (χ0) is 22.1. The Labute approximate surface area is 183 Å². The van der Waals surface area contributed by atoms with Crippen LogP contribution in [0.5, 0.6) is 5.75 Å². The number of carbonyl (C=O) groups is 2. The number of nitrogens with zero attached hydrogens (tertiary/aromatic N) is 2. The Kier molecular flexibility index (Phi) is 8.35. The SMILES string of the molecule is CN(Cc1cccnc1)CC1CCCCC1.COc1ccc2c(C(=O)C=O)c[nH]c2c1. The van der Waals surface area contributed by atoms with Crippen LogP contribution in [0.2, 0.25) is 0 Å². The first-order chi connectivity index (χ1) is 15.1. The van der Waals surface area contributed by atoms with Crippen LogP contribution in [-0.4, -0.2) is 47.6 Å². The van der Waals surface area contributed by atoms with E-state index in [1.165, 1.54) is 50.4 Å². The number of nitrogens with one attached hydrogen (secondary N) is 1. The number of Topliss-reactive ketones (excluding diaryl/α,β-unsaturated/α-hetero) is 1. The van der Waals surface area contributed by atoms with Crippen LogP contribution in [-0.2, 0) is 11.3 Å². The molecule has 6 heteroatoms. The lowest BCUT2D eigenvalue weighted by Gasteiger charge is -2.26. The molecule has 0 saturated heterocycles. The molecule has 0 bridgehead atoms. The van der Waals surface area contributed by atoms with E-state index in [1.54, 1.807) is 25.3 Å². The Morgan fingerprint density at radius 2 is 2.06 bits per heavy atom. The highest BCUT2D eigenvalue weighted by atomic mass is 16.5. The number of aromatic nitrogens is 2. The molecule has 0 amide bonds. The second-order valence-electron chi connectivity index (χ2n) is 8.16. The minimum atomic E-state index is -0.522. The number of H-pyrrole nitrogens is 1. The third-order valence-electron chi connectivity index (χ3n) is 5.73. The summed E-state index contributed by atoms with van der Waals surface area (Å²) in [7, 11) is 3.79. The van der Waals surface area contributed by atoms with Gasteiger partial charge in [0.25, 0.3) is 0 Å². The fourth-order valence-corrected chi connectivity index (χ4v) is 4.18. The van der Waals surface area contributed by atoms with E-state index in [0.717, 1.165) is 23.4 Å². The highest BCUT2D eigenvalue weighted by Gasteiger charge is 2.15. The molecule has 0 atom stereocenters. The maximum absolute atomic E-state index is 11.2. The largest absolute Gasteiger partial charge is 0.497 e. The van der Waals surface area contributed by atoms with Crippen LogP contribution >= 0.6 is 0 Å². The van der Waals surface area contributed by atoms with E-state index in [0.29, 0.717) is 17.6 Å². The van der Waals surface area contributed by atoms with Gasteiger partial charge in [0.1, 0.15) is 5.75 Å². The van der Waals surface area contributed by atoms with Crippen LogP contribution < -0.4 is 4.74 Å². The molecule has 2 heterocycles. The van der Waals surface area contributed by atoms with Gasteiger partial charge in [-0.3, -0.25) is 14.6 Å². The second-order valence-corrected chi connectivity index (χ2v) is 8.16. The lowest BCUT2D eigenvalue weighted by molar-refractivity contribution is -0.104. The number of hydrogen-bond donors (Lipinski definition) is 1. The number of aldehydes is 1. The third kappa shape index (κ3) is 6.49. The standard InChI is InChI=1S/C14H22N2.C11H9NO3/c1-16(11-13-6-3-2-4-7-13)12-14-8-5-9-15-10-14;1-15-7-2-3-8-9(11(14)6-13)5-12-10(8)4-7/h5,8-10,13H,2-4,6-7,11-12H2,1H3;2-6,12H,1H3. The summed E-state index contributed by atoms with van der Waals surface area (Å²) in [6.07, 6.45) is 12.8. The van der Waals surface area contributed by atoms with E-state index in [2.05, 4.69) is 28.0 Å². The van der Waals surface area contributed by atoms with E-state index in [-0.39, 0.29) is 0 Å². The Bertz CT molecular complexity index is 978. The Hall–Kier alpha value is -2.99. The number of methoxy groups -OCH3 is 1. The molecule has 6 nitrogen and oxygen atoms in total. The summed E-state index contributed by atoms with van der Waals surface area (Å²) in [6, 6.07) is 9.45. The number of rotatable bonds is 7. The van der Waals surface area contributed by atoms with E-state index in [9.17, 15) is 9.59 Å². The average molecular weight is 422 g/mol. The Balaban J connectivity index is 0.000000176. The van der Waals surface area contributed by atoms with Crippen LogP contribution in [0, 0.1) is 5.92 Å². The van der Waals surface area contributed by atoms with Crippen molar-refractivity contribution >= 4 is 23.0 Å². The van der Waals surface area contributed by atoms with Crippen molar-refractivity contribution in [3.05, 3.63) is 60.0 Å².